The Hall–Kier alpha value is -1.67. The van der Waals surface area contributed by atoms with Crippen molar-refractivity contribution in [3.05, 3.63) is 29.2 Å². The molecule has 3 rings (SSSR count). The van der Waals surface area contributed by atoms with Crippen molar-refractivity contribution in [3.8, 4) is 0 Å². The molecule has 1 atom stereocenters. The van der Waals surface area contributed by atoms with E-state index in [1.165, 1.54) is 4.31 Å². The Balaban J connectivity index is 2.01. The van der Waals surface area contributed by atoms with Gasteiger partial charge in [0.15, 0.2) is 5.82 Å². The molecule has 2 aromatic heterocycles. The molecule has 2 aromatic rings. The first kappa shape index (κ1) is 15.2. The van der Waals surface area contributed by atoms with E-state index < -0.39 is 10.0 Å². The molecule has 0 bridgehead atoms. The van der Waals surface area contributed by atoms with Gasteiger partial charge in [-0.05, 0) is 39.7 Å². The molecule has 0 saturated carbocycles. The van der Waals surface area contributed by atoms with Crippen molar-refractivity contribution in [2.45, 2.75) is 51.0 Å². The monoisotopic (exact) mass is 324 g/mol. The van der Waals surface area contributed by atoms with Gasteiger partial charge in [-0.3, -0.25) is 5.10 Å². The highest BCUT2D eigenvalue weighted by atomic mass is 32.2. The molecule has 0 unspecified atom stereocenters. The molecule has 8 heteroatoms. The van der Waals surface area contributed by atoms with Crippen molar-refractivity contribution >= 4 is 10.0 Å². The Morgan fingerprint density at radius 2 is 2.09 bits per heavy atom. The highest BCUT2D eigenvalue weighted by Crippen LogP contribution is 2.35. The summed E-state index contributed by atoms with van der Waals surface area (Å²) in [5, 5.41) is 6.95. The minimum Gasteiger partial charge on any atom is -0.465 e. The van der Waals surface area contributed by atoms with Gasteiger partial charge in [0.2, 0.25) is 10.0 Å². The van der Waals surface area contributed by atoms with Gasteiger partial charge >= 0.3 is 0 Å². The van der Waals surface area contributed by atoms with Gasteiger partial charge in [0.1, 0.15) is 22.2 Å². The van der Waals surface area contributed by atoms with E-state index >= 15 is 0 Å². The van der Waals surface area contributed by atoms with Crippen LogP contribution in [0.1, 0.15) is 48.5 Å². The smallest absolute Gasteiger partial charge is 0.247 e. The van der Waals surface area contributed by atoms with Crippen molar-refractivity contribution in [1.82, 2.24) is 19.5 Å². The second kappa shape index (κ2) is 5.51. The number of H-pyrrole nitrogens is 1. The second-order valence-electron chi connectivity index (χ2n) is 5.68. The Labute approximate surface area is 129 Å². The Morgan fingerprint density at radius 1 is 1.32 bits per heavy atom. The Bertz CT molecular complexity index is 778. The average molecular weight is 324 g/mol. The highest BCUT2D eigenvalue weighted by Gasteiger charge is 2.38. The van der Waals surface area contributed by atoms with Gasteiger partial charge in [-0.2, -0.15) is 9.40 Å². The van der Waals surface area contributed by atoms with Crippen LogP contribution in [0, 0.1) is 20.8 Å². The summed E-state index contributed by atoms with van der Waals surface area (Å²) >= 11 is 0. The van der Waals surface area contributed by atoms with Crippen LogP contribution in [0.4, 0.5) is 0 Å². The molecule has 120 valence electrons. The molecule has 0 radical (unpaired) electrons. The molecule has 1 saturated heterocycles. The van der Waals surface area contributed by atoms with Crippen molar-refractivity contribution < 1.29 is 12.8 Å². The van der Waals surface area contributed by atoms with Crippen LogP contribution in [0.15, 0.2) is 15.4 Å². The van der Waals surface area contributed by atoms with E-state index in [0.29, 0.717) is 29.7 Å². The summed E-state index contributed by atoms with van der Waals surface area (Å²) in [7, 11) is -3.61. The molecule has 0 spiro atoms. The summed E-state index contributed by atoms with van der Waals surface area (Å²) in [5.74, 6) is 2.25. The third-order valence-electron chi connectivity index (χ3n) is 3.95. The minimum absolute atomic E-state index is 0.240. The number of nitrogens with one attached hydrogen (secondary N) is 1. The number of nitrogens with zero attached hydrogens (tertiary/aromatic N) is 3. The number of rotatable bonds is 3. The van der Waals surface area contributed by atoms with Gasteiger partial charge in [0.25, 0.3) is 0 Å². The van der Waals surface area contributed by atoms with Crippen LogP contribution in [-0.4, -0.2) is 34.4 Å². The quantitative estimate of drug-likeness (QED) is 0.934. The summed E-state index contributed by atoms with van der Waals surface area (Å²) in [4.78, 5) is 4.56. The Kier molecular flexibility index (Phi) is 3.82. The predicted octanol–water partition coefficient (Wildman–Crippen LogP) is 2.24. The number of hydrogen-bond donors (Lipinski definition) is 1. The lowest BCUT2D eigenvalue weighted by atomic mass is 10.0. The van der Waals surface area contributed by atoms with E-state index in [1.54, 1.807) is 19.9 Å². The summed E-state index contributed by atoms with van der Waals surface area (Å²) in [6, 6.07) is 1.26. The molecule has 3 heterocycles. The third kappa shape index (κ3) is 2.56. The maximum absolute atomic E-state index is 13.0. The zero-order valence-electron chi connectivity index (χ0n) is 13.0. The molecule has 0 aromatic carbocycles. The number of aromatic amines is 1. The van der Waals surface area contributed by atoms with Gasteiger partial charge in [0.05, 0.1) is 6.04 Å². The van der Waals surface area contributed by atoms with E-state index in [0.717, 1.165) is 19.3 Å². The van der Waals surface area contributed by atoms with Crippen molar-refractivity contribution in [3.63, 3.8) is 0 Å². The predicted molar refractivity (Wildman–Crippen MR) is 79.8 cm³/mol. The van der Waals surface area contributed by atoms with Crippen LogP contribution in [0.25, 0.3) is 0 Å². The normalized spacial score (nSPS) is 20.4. The van der Waals surface area contributed by atoms with Gasteiger partial charge in [-0.1, -0.05) is 6.42 Å². The molecule has 1 aliphatic rings. The van der Waals surface area contributed by atoms with E-state index in [-0.39, 0.29) is 10.9 Å². The lowest BCUT2D eigenvalue weighted by Gasteiger charge is -2.32. The summed E-state index contributed by atoms with van der Waals surface area (Å²) < 4.78 is 32.9. The zero-order valence-corrected chi connectivity index (χ0v) is 13.8. The lowest BCUT2D eigenvalue weighted by Crippen LogP contribution is -2.39. The van der Waals surface area contributed by atoms with Crippen molar-refractivity contribution in [2.75, 3.05) is 6.54 Å². The number of sulfonamides is 1. The highest BCUT2D eigenvalue weighted by molar-refractivity contribution is 7.89. The Morgan fingerprint density at radius 3 is 2.68 bits per heavy atom. The minimum atomic E-state index is -3.61. The topological polar surface area (TPSA) is 92.1 Å². The van der Waals surface area contributed by atoms with E-state index in [1.807, 2.05) is 6.92 Å². The number of aryl methyl sites for hydroxylation is 3. The van der Waals surface area contributed by atoms with E-state index in [2.05, 4.69) is 15.2 Å². The number of piperidine rings is 1. The SMILES string of the molecule is Cc1nc([C@@H]2CCCCN2S(=O)(=O)c2cc(C)oc2C)n[nH]1. The number of furan rings is 1. The second-order valence-corrected chi connectivity index (χ2v) is 7.54. The molecule has 7 nitrogen and oxygen atoms in total. The van der Waals surface area contributed by atoms with Crippen molar-refractivity contribution in [2.24, 2.45) is 0 Å². The first-order valence-corrected chi connectivity index (χ1v) is 8.81. The first-order valence-electron chi connectivity index (χ1n) is 7.37. The molecule has 22 heavy (non-hydrogen) atoms. The largest absolute Gasteiger partial charge is 0.465 e. The summed E-state index contributed by atoms with van der Waals surface area (Å²) in [6.07, 6.45) is 2.54. The number of hydrogen-bond acceptors (Lipinski definition) is 5. The zero-order chi connectivity index (χ0) is 15.9. The molecular formula is C14H20N4O3S. The fraction of sp³-hybridized carbons (Fsp3) is 0.571. The van der Waals surface area contributed by atoms with Crippen LogP contribution in [0.5, 0.6) is 0 Å². The molecular weight excluding hydrogens is 304 g/mol. The fourth-order valence-corrected chi connectivity index (χ4v) is 4.83. The van der Waals surface area contributed by atoms with E-state index in [4.69, 9.17) is 4.42 Å². The van der Waals surface area contributed by atoms with Crippen LogP contribution in [0.2, 0.25) is 0 Å². The van der Waals surface area contributed by atoms with Gasteiger partial charge in [0, 0.05) is 6.54 Å². The molecule has 0 amide bonds. The van der Waals surface area contributed by atoms with Crippen LogP contribution in [0.3, 0.4) is 0 Å². The van der Waals surface area contributed by atoms with Crippen LogP contribution < -0.4 is 0 Å². The van der Waals surface area contributed by atoms with Gasteiger partial charge in [-0.25, -0.2) is 13.4 Å². The average Bonchev–Trinajstić information content (AvgIpc) is 3.05. The van der Waals surface area contributed by atoms with Crippen LogP contribution in [-0.2, 0) is 10.0 Å². The summed E-state index contributed by atoms with van der Waals surface area (Å²) in [5.41, 5.74) is 0. The van der Waals surface area contributed by atoms with E-state index in [9.17, 15) is 8.42 Å². The molecule has 1 fully saturated rings. The van der Waals surface area contributed by atoms with Gasteiger partial charge < -0.3 is 4.42 Å². The standard InChI is InChI=1S/C14H20N4O3S/c1-9-8-13(10(2)21-9)22(19,20)18-7-5-4-6-12(18)14-15-11(3)16-17-14/h8,12H,4-7H2,1-3H3,(H,15,16,17)/t12-/m0/s1. The lowest BCUT2D eigenvalue weighted by molar-refractivity contribution is 0.246. The maximum atomic E-state index is 13.0. The van der Waals surface area contributed by atoms with Gasteiger partial charge in [-0.15, -0.1) is 0 Å². The summed E-state index contributed by atoms with van der Waals surface area (Å²) in [6.45, 7) is 5.71. The fourth-order valence-electron chi connectivity index (χ4n) is 2.95. The number of aromatic nitrogens is 3. The maximum Gasteiger partial charge on any atom is 0.247 e. The molecule has 1 aliphatic heterocycles. The first-order chi connectivity index (χ1) is 10.4. The third-order valence-corrected chi connectivity index (χ3v) is 5.96. The molecule has 1 N–H and O–H groups in total. The molecule has 0 aliphatic carbocycles. The van der Waals surface area contributed by atoms with Crippen molar-refractivity contribution in [1.29, 1.82) is 0 Å². The van der Waals surface area contributed by atoms with Crippen LogP contribution >= 0.6 is 0 Å².